The summed E-state index contributed by atoms with van der Waals surface area (Å²) >= 11 is 6.38. The Kier molecular flexibility index (Phi) is 6.41. The molecular weight excluding hydrogens is 414 g/mol. The maximum absolute atomic E-state index is 12.7. The van der Waals surface area contributed by atoms with Crippen molar-refractivity contribution >= 4 is 35.1 Å². The number of nitrogens with one attached hydrogen (secondary N) is 3. The molecule has 2 aliphatic rings. The van der Waals surface area contributed by atoms with Gasteiger partial charge in [-0.25, -0.2) is 9.97 Å². The minimum Gasteiger partial charge on any atom is -0.353 e. The molecule has 2 fully saturated rings. The van der Waals surface area contributed by atoms with Crippen LogP contribution in [0.5, 0.6) is 0 Å². The van der Waals surface area contributed by atoms with Crippen molar-refractivity contribution in [3.63, 3.8) is 0 Å². The number of aromatic nitrogens is 2. The molecule has 8 heteroatoms. The number of carbonyl (C=O) groups is 2. The zero-order valence-electron chi connectivity index (χ0n) is 17.8. The molecule has 7 nitrogen and oxygen atoms in total. The van der Waals surface area contributed by atoms with E-state index in [4.69, 9.17) is 11.6 Å². The van der Waals surface area contributed by atoms with Gasteiger partial charge in [-0.15, -0.1) is 11.6 Å². The van der Waals surface area contributed by atoms with Crippen LogP contribution in [-0.4, -0.2) is 39.2 Å². The van der Waals surface area contributed by atoms with Crippen LogP contribution < -0.4 is 16.0 Å². The Labute approximate surface area is 187 Å². The van der Waals surface area contributed by atoms with Crippen LogP contribution >= 0.6 is 11.6 Å². The summed E-state index contributed by atoms with van der Waals surface area (Å²) in [7, 11) is 0. The molecule has 1 aliphatic carbocycles. The van der Waals surface area contributed by atoms with Gasteiger partial charge in [0.1, 0.15) is 0 Å². The van der Waals surface area contributed by atoms with Crippen LogP contribution in [0.3, 0.4) is 0 Å². The Hall–Kier alpha value is -2.67. The number of anilines is 2. The maximum Gasteiger partial charge on any atom is 0.225 e. The number of rotatable bonds is 5. The van der Waals surface area contributed by atoms with Crippen LogP contribution in [0, 0.1) is 11.8 Å². The lowest BCUT2D eigenvalue weighted by atomic mass is 9.74. The second kappa shape index (κ2) is 9.22. The van der Waals surface area contributed by atoms with E-state index in [9.17, 15) is 9.59 Å². The minimum absolute atomic E-state index is 0.0847. The number of amides is 2. The minimum atomic E-state index is -0.165. The van der Waals surface area contributed by atoms with Crippen molar-refractivity contribution < 1.29 is 9.59 Å². The predicted octanol–water partition coefficient (Wildman–Crippen LogP) is 3.81. The second-order valence-electron chi connectivity index (χ2n) is 8.55. The molecule has 3 N–H and O–H groups in total. The zero-order chi connectivity index (χ0) is 22.0. The number of fused-ring (bicyclic) bond motifs is 1. The lowest BCUT2D eigenvalue weighted by molar-refractivity contribution is -0.130. The molecule has 0 radical (unpaired) electrons. The molecule has 5 atom stereocenters. The first kappa shape index (κ1) is 21.6. The molecule has 2 heterocycles. The predicted molar refractivity (Wildman–Crippen MR) is 122 cm³/mol. The summed E-state index contributed by atoms with van der Waals surface area (Å²) in [4.78, 5) is 33.3. The van der Waals surface area contributed by atoms with E-state index in [0.29, 0.717) is 23.2 Å². The van der Waals surface area contributed by atoms with Gasteiger partial charge in [0.2, 0.25) is 17.8 Å². The summed E-state index contributed by atoms with van der Waals surface area (Å²) < 4.78 is 0. The zero-order valence-corrected chi connectivity index (χ0v) is 18.5. The second-order valence-corrected chi connectivity index (χ2v) is 9.17. The molecular formula is C23H28ClN5O2. The molecule has 4 rings (SSSR count). The standard InChI is InChI=1S/C23H28ClN5O2/c1-13(18-12-15-11-16(24)7-8-19(15)28-22(18)31)26-23-25-10-9-21(29-23)17-5-3-4-6-20(17)27-14(2)30/h3-6,9-10,13,15-16,18-19H,7-8,11-12H2,1-2H3,(H,27,30)(H,28,31)(H,25,26,29)/t13-,15?,16?,18?,19?/m0/s1. The van der Waals surface area contributed by atoms with Crippen molar-refractivity contribution in [2.45, 2.75) is 57.0 Å². The van der Waals surface area contributed by atoms with Gasteiger partial charge in [0.15, 0.2) is 0 Å². The van der Waals surface area contributed by atoms with E-state index in [-0.39, 0.29) is 35.2 Å². The molecule has 1 aromatic carbocycles. The van der Waals surface area contributed by atoms with Crippen molar-refractivity contribution in [1.29, 1.82) is 0 Å². The van der Waals surface area contributed by atoms with Gasteiger partial charge in [-0.2, -0.15) is 0 Å². The summed E-state index contributed by atoms with van der Waals surface area (Å²) in [6.45, 7) is 3.47. The summed E-state index contributed by atoms with van der Waals surface area (Å²) in [5, 5.41) is 9.55. The lowest BCUT2D eigenvalue weighted by Crippen LogP contribution is -2.55. The molecule has 1 aromatic heterocycles. The fourth-order valence-corrected chi connectivity index (χ4v) is 5.05. The van der Waals surface area contributed by atoms with E-state index >= 15 is 0 Å². The number of hydrogen-bond donors (Lipinski definition) is 3. The molecule has 1 aliphatic heterocycles. The molecule has 164 valence electrons. The van der Waals surface area contributed by atoms with Crippen molar-refractivity contribution in [2.24, 2.45) is 11.8 Å². The van der Waals surface area contributed by atoms with Gasteiger partial charge in [-0.3, -0.25) is 9.59 Å². The highest BCUT2D eigenvalue weighted by atomic mass is 35.5. The summed E-state index contributed by atoms with van der Waals surface area (Å²) in [6, 6.07) is 9.43. The molecule has 0 bridgehead atoms. The SMILES string of the molecule is CC(=O)Nc1ccccc1-c1ccnc(N[C@@H](C)C2CC3CC(Cl)CCC3NC2=O)n1. The third kappa shape index (κ3) is 4.98. The number of carbonyl (C=O) groups excluding carboxylic acids is 2. The average molecular weight is 442 g/mol. The van der Waals surface area contributed by atoms with Gasteiger partial charge < -0.3 is 16.0 Å². The van der Waals surface area contributed by atoms with Gasteiger partial charge in [0.05, 0.1) is 17.3 Å². The first-order valence-corrected chi connectivity index (χ1v) is 11.3. The fraction of sp³-hybridized carbons (Fsp3) is 0.478. The smallest absolute Gasteiger partial charge is 0.225 e. The number of nitrogens with zero attached hydrogens (tertiary/aromatic N) is 2. The number of hydrogen-bond acceptors (Lipinski definition) is 5. The largest absolute Gasteiger partial charge is 0.353 e. The fourth-order valence-electron chi connectivity index (χ4n) is 4.70. The Morgan fingerprint density at radius 1 is 1.23 bits per heavy atom. The first-order valence-electron chi connectivity index (χ1n) is 10.8. The highest BCUT2D eigenvalue weighted by molar-refractivity contribution is 6.20. The number of alkyl halides is 1. The van der Waals surface area contributed by atoms with E-state index in [0.717, 1.165) is 31.2 Å². The maximum atomic E-state index is 12.7. The molecule has 1 saturated heterocycles. The highest BCUT2D eigenvalue weighted by Crippen LogP contribution is 2.37. The number of para-hydroxylation sites is 1. The molecule has 2 aromatic rings. The first-order chi connectivity index (χ1) is 14.9. The van der Waals surface area contributed by atoms with Crippen molar-refractivity contribution in [3.8, 4) is 11.3 Å². The Morgan fingerprint density at radius 3 is 2.84 bits per heavy atom. The van der Waals surface area contributed by atoms with Crippen molar-refractivity contribution in [2.75, 3.05) is 10.6 Å². The quantitative estimate of drug-likeness (QED) is 0.613. The molecule has 2 amide bonds. The van der Waals surface area contributed by atoms with E-state index in [1.54, 1.807) is 12.3 Å². The molecule has 31 heavy (non-hydrogen) atoms. The van der Waals surface area contributed by atoms with Crippen LogP contribution in [0.1, 0.15) is 39.5 Å². The summed E-state index contributed by atoms with van der Waals surface area (Å²) in [5.41, 5.74) is 2.20. The average Bonchev–Trinajstić information content (AvgIpc) is 2.73. The van der Waals surface area contributed by atoms with Crippen LogP contribution in [0.15, 0.2) is 36.5 Å². The Balaban J connectivity index is 1.49. The van der Waals surface area contributed by atoms with Crippen molar-refractivity contribution in [3.05, 3.63) is 36.5 Å². The third-order valence-corrected chi connectivity index (χ3v) is 6.67. The normalized spacial score (nSPS) is 26.4. The summed E-state index contributed by atoms with van der Waals surface area (Å²) in [5.74, 6) is 0.650. The Morgan fingerprint density at radius 2 is 2.03 bits per heavy atom. The van der Waals surface area contributed by atoms with E-state index in [1.165, 1.54) is 6.92 Å². The number of piperidine rings is 1. The van der Waals surface area contributed by atoms with Crippen LogP contribution in [0.2, 0.25) is 0 Å². The van der Waals surface area contributed by atoms with Gasteiger partial charge in [-0.05, 0) is 50.7 Å². The summed E-state index contributed by atoms with van der Waals surface area (Å²) in [6.07, 6.45) is 5.36. The molecule has 0 spiro atoms. The van der Waals surface area contributed by atoms with Crippen LogP contribution in [-0.2, 0) is 9.59 Å². The third-order valence-electron chi connectivity index (χ3n) is 6.27. The lowest BCUT2D eigenvalue weighted by Gasteiger charge is -2.42. The monoisotopic (exact) mass is 441 g/mol. The van der Waals surface area contributed by atoms with E-state index < -0.39 is 0 Å². The van der Waals surface area contributed by atoms with Crippen LogP contribution in [0.4, 0.5) is 11.6 Å². The van der Waals surface area contributed by atoms with Gasteiger partial charge in [-0.1, -0.05) is 18.2 Å². The van der Waals surface area contributed by atoms with Crippen LogP contribution in [0.25, 0.3) is 11.3 Å². The van der Waals surface area contributed by atoms with Gasteiger partial charge >= 0.3 is 0 Å². The number of benzene rings is 1. The topological polar surface area (TPSA) is 96.0 Å². The van der Waals surface area contributed by atoms with Gasteiger partial charge in [0, 0.05) is 36.1 Å². The molecule has 4 unspecified atom stereocenters. The number of halogens is 1. The van der Waals surface area contributed by atoms with Gasteiger partial charge in [0.25, 0.3) is 0 Å². The highest BCUT2D eigenvalue weighted by Gasteiger charge is 2.41. The van der Waals surface area contributed by atoms with E-state index in [1.807, 2.05) is 31.2 Å². The molecule has 1 saturated carbocycles. The Bertz CT molecular complexity index is 968. The van der Waals surface area contributed by atoms with E-state index in [2.05, 4.69) is 25.9 Å². The van der Waals surface area contributed by atoms with Crippen molar-refractivity contribution in [1.82, 2.24) is 15.3 Å².